The molecule has 1 aromatic carbocycles. The lowest BCUT2D eigenvalue weighted by Crippen LogP contribution is -2.65. The van der Waals surface area contributed by atoms with Gasteiger partial charge in [-0.15, -0.1) is 0 Å². The summed E-state index contributed by atoms with van der Waals surface area (Å²) in [7, 11) is -0.509. The van der Waals surface area contributed by atoms with Crippen molar-refractivity contribution in [3.63, 3.8) is 0 Å². The zero-order valence-electron chi connectivity index (χ0n) is 16.8. The Morgan fingerprint density at radius 2 is 2.03 bits per heavy atom. The molecule has 1 saturated heterocycles. The van der Waals surface area contributed by atoms with Gasteiger partial charge in [-0.05, 0) is 55.2 Å². The predicted molar refractivity (Wildman–Crippen MR) is 107 cm³/mol. The number of hydrogen-bond donors (Lipinski definition) is 2. The molecule has 4 atom stereocenters. The molecule has 0 unspecified atom stereocenters. The Balaban J connectivity index is 1.26. The Bertz CT molecular complexity index is 854. The fourth-order valence-electron chi connectivity index (χ4n) is 5.23. The lowest BCUT2D eigenvalue weighted by molar-refractivity contribution is -0.199. The Morgan fingerprint density at radius 1 is 1.28 bits per heavy atom. The topological polar surface area (TPSA) is 76.7 Å². The van der Waals surface area contributed by atoms with Crippen molar-refractivity contribution in [2.75, 3.05) is 13.0 Å². The fraction of sp³-hybridized carbons (Fsp3) is 0.600. The number of halogens is 2. The third kappa shape index (κ3) is 3.55. The molecule has 3 aliphatic carbocycles. The molecule has 1 aliphatic heterocycles. The fourth-order valence-corrected chi connectivity index (χ4v) is 5.40. The van der Waals surface area contributed by atoms with E-state index < -0.39 is 24.7 Å². The maximum absolute atomic E-state index is 13.7. The molecule has 0 aromatic heterocycles. The minimum Gasteiger partial charge on any atom is -0.404 e. The van der Waals surface area contributed by atoms with E-state index in [9.17, 15) is 14.0 Å². The Morgan fingerprint density at radius 3 is 2.76 bits per heavy atom. The average molecular weight is 423 g/mol. The summed E-state index contributed by atoms with van der Waals surface area (Å²) in [4.78, 5) is 24.2. The molecular weight excluding hydrogens is 397 g/mol. The molecule has 0 spiro atoms. The first-order chi connectivity index (χ1) is 13.6. The molecule has 4 fully saturated rings. The second kappa shape index (κ2) is 7.25. The molecule has 1 aromatic rings. The van der Waals surface area contributed by atoms with Crippen LogP contribution in [0.4, 0.5) is 4.39 Å². The number of nitrogens with one attached hydrogen (secondary N) is 2. The van der Waals surface area contributed by atoms with E-state index in [1.54, 1.807) is 0 Å². The molecule has 0 radical (unpaired) electrons. The summed E-state index contributed by atoms with van der Waals surface area (Å²) < 4.78 is 26.0. The van der Waals surface area contributed by atoms with Gasteiger partial charge in [-0.1, -0.05) is 25.4 Å². The van der Waals surface area contributed by atoms with Crippen molar-refractivity contribution in [1.29, 1.82) is 0 Å². The summed E-state index contributed by atoms with van der Waals surface area (Å²) in [6, 6.07) is 3.68. The van der Waals surface area contributed by atoms with Crippen molar-refractivity contribution < 1.29 is 23.3 Å². The monoisotopic (exact) mass is 422 g/mol. The van der Waals surface area contributed by atoms with E-state index in [0.717, 1.165) is 18.9 Å². The van der Waals surface area contributed by atoms with Gasteiger partial charge in [-0.2, -0.15) is 0 Å². The van der Waals surface area contributed by atoms with E-state index in [4.69, 9.17) is 20.9 Å². The summed E-state index contributed by atoms with van der Waals surface area (Å²) in [5.41, 5.74) is -0.273. The maximum atomic E-state index is 13.7. The molecule has 29 heavy (non-hydrogen) atoms. The molecule has 4 aliphatic rings. The van der Waals surface area contributed by atoms with Crippen LogP contribution in [0.3, 0.4) is 0 Å². The molecule has 2 amide bonds. The number of carbonyl (C=O) groups is 2. The normalized spacial score (nSPS) is 31.6. The first kappa shape index (κ1) is 20.6. The molecule has 156 valence electrons. The summed E-state index contributed by atoms with van der Waals surface area (Å²) in [6.45, 7) is 6.41. The van der Waals surface area contributed by atoms with Crippen molar-refractivity contribution >= 4 is 30.5 Å². The minimum absolute atomic E-state index is 0.0479. The summed E-state index contributed by atoms with van der Waals surface area (Å²) in [5, 5.41) is 5.35. The van der Waals surface area contributed by atoms with Crippen LogP contribution in [-0.4, -0.2) is 43.6 Å². The second-order valence-corrected chi connectivity index (χ2v) is 9.45. The largest absolute Gasteiger partial charge is 0.478 e. The third-order valence-electron chi connectivity index (χ3n) is 7.05. The second-order valence-electron chi connectivity index (χ2n) is 9.01. The van der Waals surface area contributed by atoms with Gasteiger partial charge in [-0.25, -0.2) is 4.39 Å². The Labute approximate surface area is 175 Å². The van der Waals surface area contributed by atoms with Gasteiger partial charge in [0.1, 0.15) is 5.82 Å². The standard InChI is InChI=1S/C20H25BClFN2O4/c1-19(2)11-6-15(19)20(3)16(7-11)28-21(29-20)10-25-17(26)9-24-18(27)13-8-12(22)4-5-14(13)23/h4-5,8,11,15-16H,6-7,9-10H2,1-3H3,(H,24,27)(H,25,26)/t11-,15-,16+,20-/m0/s1. The van der Waals surface area contributed by atoms with Crippen molar-refractivity contribution in [2.45, 2.75) is 45.3 Å². The highest BCUT2D eigenvalue weighted by atomic mass is 35.5. The van der Waals surface area contributed by atoms with Crippen LogP contribution >= 0.6 is 11.6 Å². The number of amides is 2. The van der Waals surface area contributed by atoms with Crippen LogP contribution in [0.5, 0.6) is 0 Å². The lowest BCUT2D eigenvalue weighted by Gasteiger charge is -2.64. The van der Waals surface area contributed by atoms with Crippen LogP contribution in [-0.2, 0) is 14.1 Å². The van der Waals surface area contributed by atoms with E-state index in [2.05, 4.69) is 31.4 Å². The number of rotatable bonds is 5. The number of benzene rings is 1. The van der Waals surface area contributed by atoms with Crippen LogP contribution in [0.15, 0.2) is 18.2 Å². The molecule has 6 nitrogen and oxygen atoms in total. The Hall–Kier alpha value is -1.64. The van der Waals surface area contributed by atoms with E-state index in [0.29, 0.717) is 11.8 Å². The van der Waals surface area contributed by atoms with Crippen LogP contribution in [0.25, 0.3) is 0 Å². The zero-order valence-corrected chi connectivity index (χ0v) is 17.5. The highest BCUT2D eigenvalue weighted by Gasteiger charge is 2.67. The number of carbonyl (C=O) groups excluding carboxylic acids is 2. The van der Waals surface area contributed by atoms with Gasteiger partial charge in [0, 0.05) is 5.02 Å². The summed E-state index contributed by atoms with van der Waals surface area (Å²) in [5.74, 6) is -0.695. The maximum Gasteiger partial charge on any atom is 0.478 e. The van der Waals surface area contributed by atoms with Crippen molar-refractivity contribution in [3.05, 3.63) is 34.6 Å². The third-order valence-corrected chi connectivity index (χ3v) is 7.29. The van der Waals surface area contributed by atoms with Crippen molar-refractivity contribution in [3.8, 4) is 0 Å². The van der Waals surface area contributed by atoms with Crippen LogP contribution < -0.4 is 10.6 Å². The van der Waals surface area contributed by atoms with Gasteiger partial charge < -0.3 is 19.9 Å². The van der Waals surface area contributed by atoms with Gasteiger partial charge in [-0.3, -0.25) is 9.59 Å². The lowest BCUT2D eigenvalue weighted by atomic mass is 9.43. The van der Waals surface area contributed by atoms with Gasteiger partial charge in [0.05, 0.1) is 30.3 Å². The van der Waals surface area contributed by atoms with Crippen molar-refractivity contribution in [1.82, 2.24) is 10.6 Å². The van der Waals surface area contributed by atoms with Crippen molar-refractivity contribution in [2.24, 2.45) is 17.3 Å². The highest BCUT2D eigenvalue weighted by molar-refractivity contribution is 6.46. The number of hydrogen-bond acceptors (Lipinski definition) is 4. The van der Waals surface area contributed by atoms with Gasteiger partial charge in [0.15, 0.2) is 0 Å². The van der Waals surface area contributed by atoms with E-state index in [1.807, 2.05) is 0 Å². The summed E-state index contributed by atoms with van der Waals surface area (Å²) in [6.07, 6.45) is 2.39. The van der Waals surface area contributed by atoms with Crippen LogP contribution in [0.2, 0.25) is 5.02 Å². The molecule has 2 bridgehead atoms. The molecular formula is C20H25BClFN2O4. The van der Waals surface area contributed by atoms with Gasteiger partial charge in [0.2, 0.25) is 5.91 Å². The summed E-state index contributed by atoms with van der Waals surface area (Å²) >= 11 is 5.79. The Kier molecular flexibility index (Phi) is 5.16. The van der Waals surface area contributed by atoms with E-state index in [1.165, 1.54) is 12.1 Å². The molecule has 9 heteroatoms. The quantitative estimate of drug-likeness (QED) is 0.715. The molecule has 2 N–H and O–H groups in total. The van der Waals surface area contributed by atoms with Crippen LogP contribution in [0.1, 0.15) is 44.0 Å². The highest BCUT2D eigenvalue weighted by Crippen LogP contribution is 2.65. The smallest absolute Gasteiger partial charge is 0.404 e. The first-order valence-electron chi connectivity index (χ1n) is 9.94. The SMILES string of the molecule is CC1(C)[C@@H]2C[C@H]3OB(CNC(=O)CNC(=O)c4cc(Cl)ccc4F)O[C@@]3(C)[C@H]1C2. The molecule has 1 heterocycles. The average Bonchev–Trinajstić information content (AvgIpc) is 3.02. The zero-order chi connectivity index (χ0) is 21.0. The van der Waals surface area contributed by atoms with Crippen LogP contribution in [0, 0.1) is 23.1 Å². The van der Waals surface area contributed by atoms with Gasteiger partial charge in [0.25, 0.3) is 5.91 Å². The van der Waals surface area contributed by atoms with E-state index >= 15 is 0 Å². The minimum atomic E-state index is -0.700. The first-order valence-corrected chi connectivity index (χ1v) is 10.3. The molecule has 5 rings (SSSR count). The van der Waals surface area contributed by atoms with Gasteiger partial charge >= 0.3 is 7.12 Å². The van der Waals surface area contributed by atoms with E-state index in [-0.39, 0.29) is 40.7 Å². The predicted octanol–water partition coefficient (Wildman–Crippen LogP) is 2.59. The molecule has 3 saturated carbocycles.